The largest absolute Gasteiger partial charge is 0.486 e. The molecule has 0 radical (unpaired) electrons. The van der Waals surface area contributed by atoms with E-state index in [9.17, 15) is 4.79 Å². The van der Waals surface area contributed by atoms with E-state index in [-0.39, 0.29) is 11.3 Å². The van der Waals surface area contributed by atoms with E-state index in [0.29, 0.717) is 25.5 Å². The fourth-order valence-electron chi connectivity index (χ4n) is 3.36. The second kappa shape index (κ2) is 6.25. The molecule has 1 saturated heterocycles. The molecular weight excluding hydrogens is 350 g/mol. The van der Waals surface area contributed by atoms with Gasteiger partial charge in [0.05, 0.1) is 23.3 Å². The lowest BCUT2D eigenvalue weighted by atomic mass is 10.1. The number of carbonyl (C=O) groups is 1. The highest BCUT2D eigenvalue weighted by molar-refractivity contribution is 8.00. The first-order valence-electron chi connectivity index (χ1n) is 8.52. The lowest BCUT2D eigenvalue weighted by molar-refractivity contribution is -0.128. The maximum Gasteiger partial charge on any atom is 0.234 e. The standard InChI is InChI=1S/C19H17N3O3S/c23-18-11-26-19(12-5-6-15-16(9-12)25-8-7-24-15)22(18)10-17-20-13-3-1-2-4-14(13)21-17/h1-6,9,19H,7-8,10-11H2,(H,20,21). The van der Waals surface area contributed by atoms with Crippen LogP contribution in [0, 0.1) is 0 Å². The number of benzene rings is 2. The Morgan fingerprint density at radius 3 is 2.88 bits per heavy atom. The van der Waals surface area contributed by atoms with Gasteiger partial charge in [-0.2, -0.15) is 0 Å². The quantitative estimate of drug-likeness (QED) is 0.770. The number of imidazole rings is 1. The van der Waals surface area contributed by atoms with E-state index in [4.69, 9.17) is 9.47 Å². The molecule has 2 aliphatic rings. The number of amides is 1. The SMILES string of the molecule is O=C1CSC(c2ccc3c(c2)OCCO3)N1Cc1nc2ccccc2[nH]1. The number of ether oxygens (including phenoxy) is 2. The van der Waals surface area contributed by atoms with Gasteiger partial charge in [-0.3, -0.25) is 4.79 Å². The molecular formula is C19H17N3O3S. The highest BCUT2D eigenvalue weighted by Crippen LogP contribution is 2.42. The number of H-pyrrole nitrogens is 1. The second-order valence-electron chi connectivity index (χ2n) is 6.29. The average Bonchev–Trinajstić information content (AvgIpc) is 3.25. The van der Waals surface area contributed by atoms with Crippen molar-refractivity contribution >= 4 is 28.7 Å². The first kappa shape index (κ1) is 15.6. The van der Waals surface area contributed by atoms with E-state index in [1.54, 1.807) is 11.8 Å². The zero-order valence-corrected chi connectivity index (χ0v) is 14.8. The fourth-order valence-corrected chi connectivity index (χ4v) is 4.53. The van der Waals surface area contributed by atoms with Gasteiger partial charge in [0.25, 0.3) is 0 Å². The van der Waals surface area contributed by atoms with Crippen LogP contribution in [-0.4, -0.2) is 39.7 Å². The number of hydrogen-bond donors (Lipinski definition) is 1. The fraction of sp³-hybridized carbons (Fsp3) is 0.263. The number of carbonyl (C=O) groups excluding carboxylic acids is 1. The molecule has 0 aliphatic carbocycles. The number of aromatic nitrogens is 2. The van der Waals surface area contributed by atoms with Crippen LogP contribution in [0.25, 0.3) is 11.0 Å². The molecule has 0 bridgehead atoms. The average molecular weight is 367 g/mol. The molecule has 3 heterocycles. The molecule has 6 nitrogen and oxygen atoms in total. The minimum atomic E-state index is -0.0495. The summed E-state index contributed by atoms with van der Waals surface area (Å²) in [5.74, 6) is 2.90. The maximum absolute atomic E-state index is 12.5. The molecule has 0 spiro atoms. The summed E-state index contributed by atoms with van der Waals surface area (Å²) in [7, 11) is 0. The number of rotatable bonds is 3. The van der Waals surface area contributed by atoms with E-state index in [0.717, 1.165) is 33.9 Å². The molecule has 1 amide bonds. The molecule has 1 unspecified atom stereocenters. The van der Waals surface area contributed by atoms with Crippen molar-refractivity contribution in [1.29, 1.82) is 0 Å². The van der Waals surface area contributed by atoms with Crippen molar-refractivity contribution in [2.75, 3.05) is 19.0 Å². The summed E-state index contributed by atoms with van der Waals surface area (Å²) in [6, 6.07) is 13.8. The summed E-state index contributed by atoms with van der Waals surface area (Å²) in [5.41, 5.74) is 2.94. The molecule has 2 aliphatic heterocycles. The molecule has 1 aromatic heterocycles. The Hall–Kier alpha value is -2.67. The van der Waals surface area contributed by atoms with Crippen molar-refractivity contribution in [2.45, 2.75) is 11.9 Å². The normalized spacial score (nSPS) is 19.3. The zero-order valence-electron chi connectivity index (χ0n) is 14.0. The number of nitrogens with one attached hydrogen (secondary N) is 1. The van der Waals surface area contributed by atoms with Crippen LogP contribution in [0.4, 0.5) is 0 Å². The molecule has 1 fully saturated rings. The Bertz CT molecular complexity index is 954. The summed E-state index contributed by atoms with van der Waals surface area (Å²) < 4.78 is 11.3. The van der Waals surface area contributed by atoms with Crippen LogP contribution >= 0.6 is 11.8 Å². The molecule has 5 rings (SSSR count). The highest BCUT2D eigenvalue weighted by Gasteiger charge is 2.34. The van der Waals surface area contributed by atoms with E-state index in [2.05, 4.69) is 9.97 Å². The third kappa shape index (κ3) is 2.68. The van der Waals surface area contributed by atoms with Crippen LogP contribution in [0.1, 0.15) is 16.8 Å². The molecule has 7 heteroatoms. The van der Waals surface area contributed by atoms with Crippen molar-refractivity contribution in [3.8, 4) is 11.5 Å². The van der Waals surface area contributed by atoms with Gasteiger partial charge in [-0.25, -0.2) is 4.98 Å². The molecule has 1 atom stereocenters. The topological polar surface area (TPSA) is 67.5 Å². The number of nitrogens with zero attached hydrogens (tertiary/aromatic N) is 2. The van der Waals surface area contributed by atoms with E-state index < -0.39 is 0 Å². The van der Waals surface area contributed by atoms with Crippen LogP contribution in [0.2, 0.25) is 0 Å². The van der Waals surface area contributed by atoms with Gasteiger partial charge in [-0.1, -0.05) is 18.2 Å². The van der Waals surface area contributed by atoms with Gasteiger partial charge in [-0.05, 0) is 29.8 Å². The summed E-state index contributed by atoms with van der Waals surface area (Å²) in [6.45, 7) is 1.58. The number of fused-ring (bicyclic) bond motifs is 2. The third-order valence-electron chi connectivity index (χ3n) is 4.58. The highest BCUT2D eigenvalue weighted by atomic mass is 32.2. The smallest absolute Gasteiger partial charge is 0.234 e. The lowest BCUT2D eigenvalue weighted by Gasteiger charge is -2.25. The Labute approximate surface area is 154 Å². The summed E-state index contributed by atoms with van der Waals surface area (Å²) in [5, 5.41) is -0.0495. The van der Waals surface area contributed by atoms with Crippen molar-refractivity contribution in [2.24, 2.45) is 0 Å². The lowest BCUT2D eigenvalue weighted by Crippen LogP contribution is -2.28. The van der Waals surface area contributed by atoms with Crippen molar-refractivity contribution in [3.05, 3.63) is 53.9 Å². The third-order valence-corrected chi connectivity index (χ3v) is 5.83. The number of aromatic amines is 1. The minimum Gasteiger partial charge on any atom is -0.486 e. The zero-order chi connectivity index (χ0) is 17.5. The van der Waals surface area contributed by atoms with Crippen molar-refractivity contribution < 1.29 is 14.3 Å². The Kier molecular flexibility index (Phi) is 3.74. The first-order chi connectivity index (χ1) is 12.8. The van der Waals surface area contributed by atoms with Crippen LogP contribution in [-0.2, 0) is 11.3 Å². The predicted molar refractivity (Wildman–Crippen MR) is 99.3 cm³/mol. The molecule has 1 N–H and O–H groups in total. The number of para-hydroxylation sites is 2. The number of thioether (sulfide) groups is 1. The molecule has 3 aromatic rings. The van der Waals surface area contributed by atoms with Crippen molar-refractivity contribution in [1.82, 2.24) is 14.9 Å². The van der Waals surface area contributed by atoms with Crippen LogP contribution in [0.3, 0.4) is 0 Å². The van der Waals surface area contributed by atoms with E-state index in [1.165, 1.54) is 0 Å². The molecule has 0 saturated carbocycles. The minimum absolute atomic E-state index is 0.0495. The van der Waals surface area contributed by atoms with E-state index in [1.807, 2.05) is 47.4 Å². The van der Waals surface area contributed by atoms with Gasteiger partial charge in [0.1, 0.15) is 24.4 Å². The number of hydrogen-bond acceptors (Lipinski definition) is 5. The maximum atomic E-state index is 12.5. The molecule has 2 aromatic carbocycles. The van der Waals surface area contributed by atoms with Crippen LogP contribution in [0.5, 0.6) is 11.5 Å². The Balaban J connectivity index is 1.44. The summed E-state index contributed by atoms with van der Waals surface area (Å²) in [6.07, 6.45) is 0. The van der Waals surface area contributed by atoms with Gasteiger partial charge in [0, 0.05) is 0 Å². The van der Waals surface area contributed by atoms with Gasteiger partial charge in [-0.15, -0.1) is 11.8 Å². The van der Waals surface area contributed by atoms with E-state index >= 15 is 0 Å². The van der Waals surface area contributed by atoms with Crippen LogP contribution in [0.15, 0.2) is 42.5 Å². The second-order valence-corrected chi connectivity index (χ2v) is 7.36. The van der Waals surface area contributed by atoms with Gasteiger partial charge < -0.3 is 19.4 Å². The Morgan fingerprint density at radius 2 is 2.00 bits per heavy atom. The predicted octanol–water partition coefficient (Wildman–Crippen LogP) is 3.11. The van der Waals surface area contributed by atoms with Crippen LogP contribution < -0.4 is 9.47 Å². The van der Waals surface area contributed by atoms with Gasteiger partial charge in [0.2, 0.25) is 5.91 Å². The monoisotopic (exact) mass is 367 g/mol. The molecule has 132 valence electrons. The summed E-state index contributed by atoms with van der Waals surface area (Å²) >= 11 is 1.63. The van der Waals surface area contributed by atoms with Gasteiger partial charge in [0.15, 0.2) is 11.5 Å². The van der Waals surface area contributed by atoms with Gasteiger partial charge >= 0.3 is 0 Å². The van der Waals surface area contributed by atoms with Crippen molar-refractivity contribution in [3.63, 3.8) is 0 Å². The molecule has 26 heavy (non-hydrogen) atoms. The Morgan fingerprint density at radius 1 is 1.15 bits per heavy atom. The first-order valence-corrected chi connectivity index (χ1v) is 9.57. The summed E-state index contributed by atoms with van der Waals surface area (Å²) in [4.78, 5) is 22.3.